The fourth-order valence-corrected chi connectivity index (χ4v) is 2.01. The summed E-state index contributed by atoms with van der Waals surface area (Å²) in [4.78, 5) is 13.6. The number of hydrogen-bond donors (Lipinski definition) is 2. The van der Waals surface area contributed by atoms with Gasteiger partial charge in [0.1, 0.15) is 0 Å². The second-order valence-corrected chi connectivity index (χ2v) is 4.68. The van der Waals surface area contributed by atoms with Crippen molar-refractivity contribution in [3.05, 3.63) is 29.8 Å². The number of carbonyl (C=O) groups is 1. The predicted molar refractivity (Wildman–Crippen MR) is 64.3 cm³/mol. The summed E-state index contributed by atoms with van der Waals surface area (Å²) in [6.07, 6.45) is 0. The minimum atomic E-state index is -0.190. The lowest BCUT2D eigenvalue weighted by Gasteiger charge is -2.30. The van der Waals surface area contributed by atoms with Crippen molar-refractivity contribution in [2.45, 2.75) is 25.9 Å². The van der Waals surface area contributed by atoms with Gasteiger partial charge >= 0.3 is 6.03 Å². The maximum Gasteiger partial charge on any atom is 0.322 e. The van der Waals surface area contributed by atoms with Crippen LogP contribution in [0, 0.1) is 0 Å². The lowest BCUT2D eigenvalue weighted by molar-refractivity contribution is 0.251. The third-order valence-electron chi connectivity index (χ3n) is 2.89. The van der Waals surface area contributed by atoms with E-state index in [4.69, 9.17) is 5.73 Å². The Kier molecular flexibility index (Phi) is 2.59. The zero-order valence-corrected chi connectivity index (χ0v) is 9.66. The summed E-state index contributed by atoms with van der Waals surface area (Å²) in [7, 11) is 0. The Bertz CT molecular complexity index is 414. The van der Waals surface area contributed by atoms with Crippen molar-refractivity contribution >= 4 is 11.7 Å². The monoisotopic (exact) mass is 219 g/mol. The fraction of sp³-hybridized carbons (Fsp3) is 0.417. The van der Waals surface area contributed by atoms with Crippen molar-refractivity contribution in [3.8, 4) is 0 Å². The molecule has 16 heavy (non-hydrogen) atoms. The summed E-state index contributed by atoms with van der Waals surface area (Å²) >= 11 is 0. The molecule has 1 aliphatic rings. The molecular weight excluding hydrogens is 202 g/mol. The van der Waals surface area contributed by atoms with Gasteiger partial charge < -0.3 is 11.1 Å². The molecule has 1 aromatic carbocycles. The zero-order chi connectivity index (χ0) is 11.8. The largest absolute Gasteiger partial charge is 0.335 e. The molecule has 0 saturated carbocycles. The fourth-order valence-electron chi connectivity index (χ4n) is 2.01. The van der Waals surface area contributed by atoms with Crippen LogP contribution in [0.3, 0.4) is 0 Å². The number of rotatable bonds is 2. The number of nitrogens with one attached hydrogen (secondary N) is 1. The first-order valence-corrected chi connectivity index (χ1v) is 5.42. The molecule has 4 nitrogen and oxygen atoms in total. The summed E-state index contributed by atoms with van der Waals surface area (Å²) in [5, 5.41) is 2.85. The van der Waals surface area contributed by atoms with Gasteiger partial charge in [0.25, 0.3) is 0 Å². The highest BCUT2D eigenvalue weighted by Gasteiger charge is 2.38. The number of benzene rings is 1. The molecule has 1 aliphatic heterocycles. The zero-order valence-electron chi connectivity index (χ0n) is 9.66. The Morgan fingerprint density at radius 2 is 2.25 bits per heavy atom. The molecule has 1 saturated heterocycles. The smallest absolute Gasteiger partial charge is 0.322 e. The summed E-state index contributed by atoms with van der Waals surface area (Å²) in [6.45, 7) is 5.24. The van der Waals surface area contributed by atoms with E-state index in [1.165, 1.54) is 0 Å². The van der Waals surface area contributed by atoms with Crippen molar-refractivity contribution in [3.63, 3.8) is 0 Å². The molecule has 1 aromatic rings. The Morgan fingerprint density at radius 1 is 1.50 bits per heavy atom. The Morgan fingerprint density at radius 3 is 2.81 bits per heavy atom. The van der Waals surface area contributed by atoms with Gasteiger partial charge in [-0.15, -0.1) is 0 Å². The Labute approximate surface area is 95.4 Å². The second-order valence-electron chi connectivity index (χ2n) is 4.68. The lowest BCUT2D eigenvalue weighted by atomic mass is 10.0. The van der Waals surface area contributed by atoms with Crippen LogP contribution in [0.4, 0.5) is 10.5 Å². The van der Waals surface area contributed by atoms with Gasteiger partial charge in [-0.25, -0.2) is 4.79 Å². The molecule has 4 heteroatoms. The van der Waals surface area contributed by atoms with Crippen LogP contribution in [0.5, 0.6) is 0 Å². The van der Waals surface area contributed by atoms with E-state index in [9.17, 15) is 4.79 Å². The van der Waals surface area contributed by atoms with Gasteiger partial charge in [0.05, 0.1) is 5.54 Å². The number of anilines is 1. The highest BCUT2D eigenvalue weighted by atomic mass is 16.2. The molecule has 0 unspecified atom stereocenters. The van der Waals surface area contributed by atoms with Gasteiger partial charge in [0.15, 0.2) is 0 Å². The first kappa shape index (κ1) is 11.0. The van der Waals surface area contributed by atoms with Crippen LogP contribution in [0.25, 0.3) is 0 Å². The molecule has 2 amide bonds. The van der Waals surface area contributed by atoms with Crippen molar-refractivity contribution < 1.29 is 4.79 Å². The second kappa shape index (κ2) is 3.79. The van der Waals surface area contributed by atoms with Gasteiger partial charge in [0, 0.05) is 18.8 Å². The van der Waals surface area contributed by atoms with Crippen LogP contribution < -0.4 is 16.0 Å². The molecule has 0 aromatic heterocycles. The van der Waals surface area contributed by atoms with Gasteiger partial charge in [-0.05, 0) is 31.5 Å². The first-order chi connectivity index (χ1) is 7.54. The van der Waals surface area contributed by atoms with Crippen LogP contribution in [0.2, 0.25) is 0 Å². The van der Waals surface area contributed by atoms with E-state index >= 15 is 0 Å². The van der Waals surface area contributed by atoms with Gasteiger partial charge in [-0.2, -0.15) is 0 Å². The van der Waals surface area contributed by atoms with Crippen LogP contribution in [0.1, 0.15) is 19.4 Å². The number of hydrogen-bond acceptors (Lipinski definition) is 2. The highest BCUT2D eigenvalue weighted by molar-refractivity contribution is 5.96. The molecule has 3 N–H and O–H groups in total. The topological polar surface area (TPSA) is 58.4 Å². The quantitative estimate of drug-likeness (QED) is 0.791. The minimum absolute atomic E-state index is 0.0424. The molecular formula is C12H17N3O. The normalized spacial score (nSPS) is 18.7. The van der Waals surface area contributed by atoms with E-state index in [0.717, 1.165) is 11.3 Å². The third kappa shape index (κ3) is 1.76. The number of urea groups is 1. The van der Waals surface area contributed by atoms with Gasteiger partial charge in [-0.3, -0.25) is 4.90 Å². The van der Waals surface area contributed by atoms with Gasteiger partial charge in [-0.1, -0.05) is 12.1 Å². The van der Waals surface area contributed by atoms with Crippen molar-refractivity contribution in [1.82, 2.24) is 5.32 Å². The molecule has 0 aliphatic carbocycles. The van der Waals surface area contributed by atoms with Crippen molar-refractivity contribution in [1.29, 1.82) is 0 Å². The van der Waals surface area contributed by atoms with Crippen LogP contribution >= 0.6 is 0 Å². The number of nitrogens with two attached hydrogens (primary N) is 1. The van der Waals surface area contributed by atoms with E-state index in [-0.39, 0.29) is 11.6 Å². The molecule has 0 spiro atoms. The number of amides is 2. The van der Waals surface area contributed by atoms with Crippen LogP contribution in [-0.2, 0) is 6.54 Å². The lowest BCUT2D eigenvalue weighted by Crippen LogP contribution is -2.42. The molecule has 0 radical (unpaired) electrons. The molecule has 86 valence electrons. The van der Waals surface area contributed by atoms with E-state index < -0.39 is 0 Å². The average Bonchev–Trinajstić information content (AvgIpc) is 2.53. The third-order valence-corrected chi connectivity index (χ3v) is 2.89. The summed E-state index contributed by atoms with van der Waals surface area (Å²) in [5.41, 5.74) is 7.35. The van der Waals surface area contributed by atoms with E-state index in [0.29, 0.717) is 13.1 Å². The molecule has 2 rings (SSSR count). The number of nitrogens with zero attached hydrogens (tertiary/aromatic N) is 1. The number of carbonyl (C=O) groups excluding carboxylic acids is 1. The molecule has 1 fully saturated rings. The summed E-state index contributed by atoms with van der Waals surface area (Å²) in [6, 6.07) is 7.75. The summed E-state index contributed by atoms with van der Waals surface area (Å²) < 4.78 is 0. The Balaban J connectivity index is 2.39. The maximum atomic E-state index is 11.8. The standard InChI is InChI=1S/C12H17N3O/c1-12(2)8-14-11(16)15(12)10-5-3-4-9(6-10)7-13/h3-6H,7-8,13H2,1-2H3,(H,14,16). The van der Waals surface area contributed by atoms with E-state index in [1.807, 2.05) is 38.1 Å². The first-order valence-electron chi connectivity index (χ1n) is 5.42. The van der Waals surface area contributed by atoms with Crippen molar-refractivity contribution in [2.75, 3.05) is 11.4 Å². The highest BCUT2D eigenvalue weighted by Crippen LogP contribution is 2.28. The average molecular weight is 219 g/mol. The molecule has 1 heterocycles. The Hall–Kier alpha value is -1.55. The minimum Gasteiger partial charge on any atom is -0.335 e. The molecule has 0 atom stereocenters. The van der Waals surface area contributed by atoms with Crippen LogP contribution in [-0.4, -0.2) is 18.1 Å². The van der Waals surface area contributed by atoms with Gasteiger partial charge in [0.2, 0.25) is 0 Å². The van der Waals surface area contributed by atoms with Crippen molar-refractivity contribution in [2.24, 2.45) is 5.73 Å². The van der Waals surface area contributed by atoms with Crippen LogP contribution in [0.15, 0.2) is 24.3 Å². The van der Waals surface area contributed by atoms with E-state index in [2.05, 4.69) is 5.32 Å². The SMILES string of the molecule is CC1(C)CNC(=O)N1c1cccc(CN)c1. The predicted octanol–water partition coefficient (Wildman–Crippen LogP) is 1.45. The molecule has 0 bridgehead atoms. The van der Waals surface area contributed by atoms with E-state index in [1.54, 1.807) is 4.90 Å². The summed E-state index contributed by atoms with van der Waals surface area (Å²) in [5.74, 6) is 0. The maximum absolute atomic E-state index is 11.8.